The zero-order chi connectivity index (χ0) is 13.0. The minimum absolute atomic E-state index is 0.264. The Bertz CT molecular complexity index is 399. The van der Waals surface area contributed by atoms with E-state index in [1.54, 1.807) is 6.07 Å². The maximum absolute atomic E-state index is 13.8. The van der Waals surface area contributed by atoms with Crippen LogP contribution in [0.25, 0.3) is 0 Å². The summed E-state index contributed by atoms with van der Waals surface area (Å²) in [7, 11) is 0. The van der Waals surface area contributed by atoms with Gasteiger partial charge in [-0.05, 0) is 24.5 Å². The molecule has 2 rings (SSSR count). The van der Waals surface area contributed by atoms with Crippen molar-refractivity contribution in [3.05, 3.63) is 29.6 Å². The Hall–Kier alpha value is -0.620. The maximum Gasteiger partial charge on any atom is 0.137 e. The Balaban J connectivity index is 1.99. The van der Waals surface area contributed by atoms with Gasteiger partial charge in [0.05, 0.1) is 12.7 Å². The van der Waals surface area contributed by atoms with Gasteiger partial charge < -0.3 is 15.5 Å². The van der Waals surface area contributed by atoms with Crippen molar-refractivity contribution in [2.45, 2.75) is 36.4 Å². The van der Waals surface area contributed by atoms with Gasteiger partial charge in [0.25, 0.3) is 0 Å². The topological polar surface area (TPSA) is 52.5 Å². The van der Waals surface area contributed by atoms with Crippen molar-refractivity contribution in [2.24, 2.45) is 0 Å². The molecule has 5 heteroatoms. The molecule has 0 aliphatic heterocycles. The number of aliphatic hydroxyl groups is 2. The Morgan fingerprint density at radius 2 is 2.22 bits per heavy atom. The quantitative estimate of drug-likeness (QED) is 0.658. The average molecular weight is 271 g/mol. The van der Waals surface area contributed by atoms with Crippen LogP contribution in [-0.2, 0) is 6.54 Å². The van der Waals surface area contributed by atoms with E-state index < -0.39 is 6.10 Å². The summed E-state index contributed by atoms with van der Waals surface area (Å²) in [6.45, 7) is 0.358. The summed E-state index contributed by atoms with van der Waals surface area (Å²) in [6, 6.07) is 5.60. The summed E-state index contributed by atoms with van der Waals surface area (Å²) in [5, 5.41) is 21.4. The van der Waals surface area contributed by atoms with E-state index in [-0.39, 0.29) is 12.4 Å². The first-order chi connectivity index (χ1) is 8.70. The second-order valence-corrected chi connectivity index (χ2v) is 5.56. The molecular weight excluding hydrogens is 253 g/mol. The molecule has 3 N–H and O–H groups in total. The van der Waals surface area contributed by atoms with Crippen LogP contribution in [0.4, 0.5) is 4.39 Å². The van der Waals surface area contributed by atoms with E-state index in [0.29, 0.717) is 23.2 Å². The van der Waals surface area contributed by atoms with Crippen LogP contribution in [0.5, 0.6) is 0 Å². The highest BCUT2D eigenvalue weighted by molar-refractivity contribution is 7.99. The van der Waals surface area contributed by atoms with Crippen LogP contribution in [0.2, 0.25) is 0 Å². The number of thioether (sulfide) groups is 1. The molecule has 100 valence electrons. The van der Waals surface area contributed by atoms with Gasteiger partial charge in [-0.25, -0.2) is 4.39 Å². The number of hydrogen-bond acceptors (Lipinski definition) is 4. The van der Waals surface area contributed by atoms with Crippen LogP contribution in [0.1, 0.15) is 18.4 Å². The Kier molecular flexibility index (Phi) is 5.00. The minimum Gasteiger partial charge on any atom is -0.394 e. The van der Waals surface area contributed by atoms with Crippen molar-refractivity contribution < 1.29 is 14.6 Å². The molecular formula is C13H18FNO2S. The monoisotopic (exact) mass is 271 g/mol. The number of benzene rings is 1. The third-order valence-corrected chi connectivity index (χ3v) is 4.14. The summed E-state index contributed by atoms with van der Waals surface area (Å²) in [5.41, 5.74) is 0.914. The van der Waals surface area contributed by atoms with Crippen molar-refractivity contribution in [1.82, 2.24) is 5.32 Å². The van der Waals surface area contributed by atoms with E-state index in [1.807, 2.05) is 6.07 Å². The molecule has 0 amide bonds. The fourth-order valence-electron chi connectivity index (χ4n) is 1.63. The Labute approximate surface area is 110 Å². The summed E-state index contributed by atoms with van der Waals surface area (Å²) in [5.74, 6) is 0.0358. The summed E-state index contributed by atoms with van der Waals surface area (Å²) in [6.07, 6.45) is 1.58. The predicted octanol–water partition coefficient (Wildman–Crippen LogP) is 1.52. The van der Waals surface area contributed by atoms with Crippen LogP contribution in [0, 0.1) is 5.82 Å². The molecule has 0 aromatic heterocycles. The molecule has 0 heterocycles. The molecule has 1 aliphatic rings. The second-order valence-electron chi connectivity index (χ2n) is 4.53. The van der Waals surface area contributed by atoms with E-state index in [0.717, 1.165) is 5.56 Å². The molecule has 1 saturated carbocycles. The van der Waals surface area contributed by atoms with E-state index in [9.17, 15) is 9.50 Å². The lowest BCUT2D eigenvalue weighted by molar-refractivity contribution is 0.113. The highest BCUT2D eigenvalue weighted by atomic mass is 32.2. The molecule has 0 bridgehead atoms. The van der Waals surface area contributed by atoms with Crippen LogP contribution in [0.15, 0.2) is 23.1 Å². The molecule has 1 aromatic carbocycles. The molecule has 0 saturated heterocycles. The molecule has 18 heavy (non-hydrogen) atoms. The van der Waals surface area contributed by atoms with Crippen LogP contribution in [0.3, 0.4) is 0 Å². The highest BCUT2D eigenvalue weighted by Crippen LogP contribution is 2.28. The van der Waals surface area contributed by atoms with Gasteiger partial charge in [-0.1, -0.05) is 12.1 Å². The standard InChI is InChI=1S/C13H18FNO2S/c14-12-3-1-2-9(6-15-10-4-5-10)13(12)18-8-11(17)7-16/h1-3,10-11,15-17H,4-8H2. The largest absolute Gasteiger partial charge is 0.394 e. The van der Waals surface area contributed by atoms with Gasteiger partial charge in [0, 0.05) is 23.2 Å². The third kappa shape index (κ3) is 3.95. The van der Waals surface area contributed by atoms with Crippen LogP contribution >= 0.6 is 11.8 Å². The van der Waals surface area contributed by atoms with Crippen LogP contribution in [-0.4, -0.2) is 34.7 Å². The molecule has 1 aromatic rings. The third-order valence-electron chi connectivity index (χ3n) is 2.84. The van der Waals surface area contributed by atoms with Crippen molar-refractivity contribution in [1.29, 1.82) is 0 Å². The maximum atomic E-state index is 13.8. The lowest BCUT2D eigenvalue weighted by atomic mass is 10.2. The number of nitrogens with one attached hydrogen (secondary N) is 1. The van der Waals surface area contributed by atoms with Gasteiger partial charge in [-0.15, -0.1) is 11.8 Å². The van der Waals surface area contributed by atoms with Gasteiger partial charge >= 0.3 is 0 Å². The zero-order valence-electron chi connectivity index (χ0n) is 10.1. The summed E-state index contributed by atoms with van der Waals surface area (Å²) >= 11 is 1.25. The van der Waals surface area contributed by atoms with Gasteiger partial charge in [0.1, 0.15) is 5.82 Å². The molecule has 1 aliphatic carbocycles. The Morgan fingerprint density at radius 1 is 1.44 bits per heavy atom. The fraction of sp³-hybridized carbons (Fsp3) is 0.538. The lowest BCUT2D eigenvalue weighted by Gasteiger charge is -2.12. The molecule has 0 spiro atoms. The summed E-state index contributed by atoms with van der Waals surface area (Å²) in [4.78, 5) is 0.568. The fourth-order valence-corrected chi connectivity index (χ4v) is 2.62. The highest BCUT2D eigenvalue weighted by Gasteiger charge is 2.21. The first-order valence-corrected chi connectivity index (χ1v) is 7.11. The molecule has 1 atom stereocenters. The number of aliphatic hydroxyl groups excluding tert-OH is 2. The number of halogens is 1. The molecule has 0 radical (unpaired) electrons. The van der Waals surface area contributed by atoms with Gasteiger partial charge in [0.2, 0.25) is 0 Å². The van der Waals surface area contributed by atoms with E-state index in [4.69, 9.17) is 5.11 Å². The molecule has 1 fully saturated rings. The first-order valence-electron chi connectivity index (χ1n) is 6.13. The first kappa shape index (κ1) is 13.8. The molecule has 1 unspecified atom stereocenters. The number of hydrogen-bond donors (Lipinski definition) is 3. The summed E-state index contributed by atoms with van der Waals surface area (Å²) < 4.78 is 13.8. The van der Waals surface area contributed by atoms with Crippen molar-refractivity contribution in [3.8, 4) is 0 Å². The van der Waals surface area contributed by atoms with Gasteiger partial charge in [-0.2, -0.15) is 0 Å². The second kappa shape index (κ2) is 6.52. The van der Waals surface area contributed by atoms with Crippen LogP contribution < -0.4 is 5.32 Å². The normalized spacial score (nSPS) is 16.8. The van der Waals surface area contributed by atoms with Gasteiger partial charge in [0.15, 0.2) is 0 Å². The molecule has 3 nitrogen and oxygen atoms in total. The van der Waals surface area contributed by atoms with E-state index in [2.05, 4.69) is 5.32 Å². The van der Waals surface area contributed by atoms with E-state index in [1.165, 1.54) is 30.7 Å². The van der Waals surface area contributed by atoms with Crippen molar-refractivity contribution in [2.75, 3.05) is 12.4 Å². The van der Waals surface area contributed by atoms with Crippen molar-refractivity contribution >= 4 is 11.8 Å². The van der Waals surface area contributed by atoms with Crippen molar-refractivity contribution in [3.63, 3.8) is 0 Å². The Morgan fingerprint density at radius 3 is 2.89 bits per heavy atom. The average Bonchev–Trinajstić information content (AvgIpc) is 3.18. The minimum atomic E-state index is -0.807. The zero-order valence-corrected chi connectivity index (χ0v) is 10.9. The lowest BCUT2D eigenvalue weighted by Crippen LogP contribution is -2.17. The van der Waals surface area contributed by atoms with E-state index >= 15 is 0 Å². The smallest absolute Gasteiger partial charge is 0.137 e. The SMILES string of the molecule is OCC(O)CSc1c(F)cccc1CNC1CC1. The van der Waals surface area contributed by atoms with Gasteiger partial charge in [-0.3, -0.25) is 0 Å². The number of rotatable bonds is 7. The predicted molar refractivity (Wildman–Crippen MR) is 70.1 cm³/mol.